The monoisotopic (exact) mass is 402 g/mol. The number of para-hydroxylation sites is 1. The van der Waals surface area contributed by atoms with E-state index in [1.807, 2.05) is 6.92 Å². The third kappa shape index (κ3) is 4.03. The number of ether oxygens (including phenoxy) is 2. The van der Waals surface area contributed by atoms with Crippen molar-refractivity contribution < 1.29 is 23.5 Å². The van der Waals surface area contributed by atoms with Crippen molar-refractivity contribution in [2.24, 2.45) is 5.92 Å². The van der Waals surface area contributed by atoms with E-state index in [4.69, 9.17) is 9.47 Å². The van der Waals surface area contributed by atoms with Gasteiger partial charge in [-0.05, 0) is 37.8 Å². The summed E-state index contributed by atoms with van der Waals surface area (Å²) in [7, 11) is 0. The van der Waals surface area contributed by atoms with Crippen molar-refractivity contribution in [1.82, 2.24) is 14.7 Å². The molecule has 1 aromatic heterocycles. The first-order valence-electron chi connectivity index (χ1n) is 9.75. The summed E-state index contributed by atoms with van der Waals surface area (Å²) in [5.41, 5.74) is 0.202. The number of benzene rings is 1. The standard InChI is InChI=1S/C20H23FN4O4/c1-2-28-16-5-3-4-15(21)19(16)25-9-7-17(23-25)22-18(26)11-13-6-8-24-14(10-13)12-29-20(24)27/h3-5,7,9,13-14H,2,6,8,10-12H2,1H3,(H,22,23,26)/t13-,14+/m0/s1. The topological polar surface area (TPSA) is 85.7 Å². The number of amides is 2. The maximum absolute atomic E-state index is 14.3. The van der Waals surface area contributed by atoms with E-state index in [-0.39, 0.29) is 29.6 Å². The van der Waals surface area contributed by atoms with Crippen molar-refractivity contribution in [2.75, 3.05) is 25.1 Å². The van der Waals surface area contributed by atoms with Crippen LogP contribution in [0.4, 0.5) is 15.0 Å². The van der Waals surface area contributed by atoms with Crippen LogP contribution in [-0.2, 0) is 9.53 Å². The molecule has 154 valence electrons. The van der Waals surface area contributed by atoms with Gasteiger partial charge in [-0.15, -0.1) is 5.10 Å². The normalized spacial score (nSPS) is 20.9. The van der Waals surface area contributed by atoms with Crippen molar-refractivity contribution in [3.8, 4) is 11.4 Å². The molecule has 0 spiro atoms. The first-order chi connectivity index (χ1) is 14.0. The minimum atomic E-state index is -0.461. The van der Waals surface area contributed by atoms with Gasteiger partial charge in [0.1, 0.15) is 18.0 Å². The molecule has 2 aliphatic heterocycles. The summed E-state index contributed by atoms with van der Waals surface area (Å²) in [6.45, 7) is 3.23. The molecule has 0 saturated carbocycles. The third-order valence-corrected chi connectivity index (χ3v) is 5.27. The second-order valence-electron chi connectivity index (χ2n) is 7.23. The van der Waals surface area contributed by atoms with E-state index in [2.05, 4.69) is 10.4 Å². The average molecular weight is 402 g/mol. The van der Waals surface area contributed by atoms with Gasteiger partial charge in [0, 0.05) is 25.2 Å². The molecule has 2 atom stereocenters. The molecule has 0 aliphatic carbocycles. The minimum absolute atomic E-state index is 0.0614. The predicted molar refractivity (Wildman–Crippen MR) is 103 cm³/mol. The number of rotatable bonds is 6. The number of hydrogen-bond acceptors (Lipinski definition) is 5. The summed E-state index contributed by atoms with van der Waals surface area (Å²) in [5.74, 6) is 0.296. The fourth-order valence-electron chi connectivity index (χ4n) is 3.93. The van der Waals surface area contributed by atoms with Gasteiger partial charge in [-0.2, -0.15) is 0 Å². The highest BCUT2D eigenvalue weighted by atomic mass is 19.1. The first-order valence-corrected chi connectivity index (χ1v) is 9.75. The summed E-state index contributed by atoms with van der Waals surface area (Å²) < 4.78 is 26.2. The van der Waals surface area contributed by atoms with E-state index in [0.29, 0.717) is 37.7 Å². The molecular formula is C20H23FN4O4. The molecule has 2 aromatic rings. The van der Waals surface area contributed by atoms with Crippen LogP contribution in [0.5, 0.6) is 5.75 Å². The Balaban J connectivity index is 1.38. The lowest BCUT2D eigenvalue weighted by molar-refractivity contribution is -0.117. The number of cyclic esters (lactones) is 1. The molecule has 0 unspecified atom stereocenters. The van der Waals surface area contributed by atoms with Gasteiger partial charge < -0.3 is 19.7 Å². The number of carbonyl (C=O) groups is 2. The Labute approximate surface area is 167 Å². The van der Waals surface area contributed by atoms with Gasteiger partial charge in [0.2, 0.25) is 5.91 Å². The smallest absolute Gasteiger partial charge is 0.410 e. The van der Waals surface area contributed by atoms with Gasteiger partial charge in [-0.25, -0.2) is 13.9 Å². The third-order valence-electron chi connectivity index (χ3n) is 5.27. The van der Waals surface area contributed by atoms with Crippen LogP contribution in [0.15, 0.2) is 30.5 Å². The van der Waals surface area contributed by atoms with Crippen LogP contribution < -0.4 is 10.1 Å². The number of hydrogen-bond donors (Lipinski definition) is 1. The first kappa shape index (κ1) is 19.2. The van der Waals surface area contributed by atoms with Gasteiger partial charge in [0.05, 0.1) is 12.6 Å². The zero-order chi connectivity index (χ0) is 20.4. The molecule has 2 aliphatic rings. The molecule has 2 amide bonds. The number of nitrogens with zero attached hydrogens (tertiary/aromatic N) is 3. The second-order valence-corrected chi connectivity index (χ2v) is 7.23. The Morgan fingerprint density at radius 2 is 2.28 bits per heavy atom. The fraction of sp³-hybridized carbons (Fsp3) is 0.450. The summed E-state index contributed by atoms with van der Waals surface area (Å²) >= 11 is 0. The SMILES string of the molecule is CCOc1cccc(F)c1-n1ccc(NC(=O)C[C@H]2CCN3C(=O)OC[C@H]3C2)n1. The minimum Gasteiger partial charge on any atom is -0.492 e. The van der Waals surface area contributed by atoms with Crippen LogP contribution >= 0.6 is 0 Å². The lowest BCUT2D eigenvalue weighted by atomic mass is 9.89. The molecule has 1 aromatic carbocycles. The quantitative estimate of drug-likeness (QED) is 0.803. The van der Waals surface area contributed by atoms with Crippen molar-refractivity contribution in [2.45, 2.75) is 32.2 Å². The Morgan fingerprint density at radius 3 is 3.10 bits per heavy atom. The molecule has 2 fully saturated rings. The Hall–Kier alpha value is -3.10. The molecule has 0 radical (unpaired) electrons. The Bertz CT molecular complexity index is 916. The van der Waals surface area contributed by atoms with Crippen molar-refractivity contribution >= 4 is 17.8 Å². The van der Waals surface area contributed by atoms with Crippen LogP contribution in [0.25, 0.3) is 5.69 Å². The second kappa shape index (κ2) is 8.10. The lowest BCUT2D eigenvalue weighted by Gasteiger charge is -2.31. The Morgan fingerprint density at radius 1 is 1.41 bits per heavy atom. The lowest BCUT2D eigenvalue weighted by Crippen LogP contribution is -2.41. The molecule has 0 bridgehead atoms. The zero-order valence-electron chi connectivity index (χ0n) is 16.1. The zero-order valence-corrected chi connectivity index (χ0v) is 16.1. The van der Waals surface area contributed by atoms with Gasteiger partial charge >= 0.3 is 6.09 Å². The number of piperidine rings is 1. The molecule has 1 N–H and O–H groups in total. The summed E-state index contributed by atoms with van der Waals surface area (Å²) in [4.78, 5) is 25.7. The van der Waals surface area contributed by atoms with Crippen LogP contribution in [-0.4, -0.2) is 52.5 Å². The van der Waals surface area contributed by atoms with Crippen LogP contribution in [0.3, 0.4) is 0 Å². The summed E-state index contributed by atoms with van der Waals surface area (Å²) in [6.07, 6.45) is 3.18. The van der Waals surface area contributed by atoms with Crippen LogP contribution in [0, 0.1) is 11.7 Å². The van der Waals surface area contributed by atoms with Crippen LogP contribution in [0.1, 0.15) is 26.2 Å². The molecule has 9 heteroatoms. The molecule has 2 saturated heterocycles. The largest absolute Gasteiger partial charge is 0.492 e. The molecule has 4 rings (SSSR count). The van der Waals surface area contributed by atoms with Gasteiger partial charge in [-0.3, -0.25) is 4.79 Å². The van der Waals surface area contributed by atoms with E-state index < -0.39 is 5.82 Å². The van der Waals surface area contributed by atoms with Gasteiger partial charge in [0.15, 0.2) is 11.6 Å². The molecular weight excluding hydrogens is 379 g/mol. The number of aromatic nitrogens is 2. The number of halogens is 1. The number of fused-ring (bicyclic) bond motifs is 1. The molecule has 8 nitrogen and oxygen atoms in total. The predicted octanol–water partition coefficient (Wildman–Crippen LogP) is 2.97. The highest BCUT2D eigenvalue weighted by molar-refractivity contribution is 5.89. The van der Waals surface area contributed by atoms with Gasteiger partial charge in [0.25, 0.3) is 0 Å². The maximum Gasteiger partial charge on any atom is 0.410 e. The van der Waals surface area contributed by atoms with E-state index >= 15 is 0 Å². The highest BCUT2D eigenvalue weighted by Crippen LogP contribution is 2.30. The summed E-state index contributed by atoms with van der Waals surface area (Å²) in [6, 6.07) is 6.26. The van der Waals surface area contributed by atoms with Crippen molar-refractivity contribution in [1.29, 1.82) is 0 Å². The van der Waals surface area contributed by atoms with Crippen molar-refractivity contribution in [3.63, 3.8) is 0 Å². The average Bonchev–Trinajstić information content (AvgIpc) is 3.29. The molecule has 29 heavy (non-hydrogen) atoms. The molecule has 3 heterocycles. The van der Waals surface area contributed by atoms with E-state index in [0.717, 1.165) is 12.8 Å². The Kier molecular flexibility index (Phi) is 5.37. The van der Waals surface area contributed by atoms with Crippen molar-refractivity contribution in [3.05, 3.63) is 36.3 Å². The van der Waals surface area contributed by atoms with Crippen LogP contribution in [0.2, 0.25) is 0 Å². The summed E-state index contributed by atoms with van der Waals surface area (Å²) in [5, 5.41) is 7.05. The maximum atomic E-state index is 14.3. The van der Waals surface area contributed by atoms with E-state index in [9.17, 15) is 14.0 Å². The highest BCUT2D eigenvalue weighted by Gasteiger charge is 2.38. The number of nitrogens with one attached hydrogen (secondary N) is 1. The number of carbonyl (C=O) groups excluding carboxylic acids is 2. The van der Waals surface area contributed by atoms with E-state index in [1.165, 1.54) is 10.7 Å². The fourth-order valence-corrected chi connectivity index (χ4v) is 3.93. The van der Waals surface area contributed by atoms with Gasteiger partial charge in [-0.1, -0.05) is 6.07 Å². The van der Waals surface area contributed by atoms with E-state index in [1.54, 1.807) is 29.3 Å². The number of anilines is 1.